The number of carboxylic acids is 1. The van der Waals surface area contributed by atoms with Gasteiger partial charge in [0.15, 0.2) is 6.10 Å². The number of ether oxygens (including phenoxy) is 2. The third-order valence-corrected chi connectivity index (χ3v) is 9.99. The fraction of sp³-hybridized carbons (Fsp3) is 0.786. The summed E-state index contributed by atoms with van der Waals surface area (Å²) in [4.78, 5) is 45.9. The van der Waals surface area contributed by atoms with Gasteiger partial charge in [-0.25, -0.2) is 4.57 Å². The van der Waals surface area contributed by atoms with E-state index in [-0.39, 0.29) is 19.4 Å². The zero-order valence-electron chi connectivity index (χ0n) is 33.6. The van der Waals surface area contributed by atoms with Crippen LogP contribution in [0.2, 0.25) is 0 Å². The molecule has 0 saturated carbocycles. The molecule has 0 aromatic rings. The zero-order valence-corrected chi connectivity index (χ0v) is 34.5. The predicted molar refractivity (Wildman–Crippen MR) is 217 cm³/mol. The average Bonchev–Trinajstić information content (AvgIpc) is 3.14. The molecule has 0 aromatic heterocycles. The highest BCUT2D eigenvalue weighted by molar-refractivity contribution is 7.47. The van der Waals surface area contributed by atoms with Gasteiger partial charge in [-0.15, -0.1) is 6.58 Å². The Morgan fingerprint density at radius 2 is 1.06 bits per heavy atom. The Morgan fingerprint density at radius 3 is 1.54 bits per heavy atom. The van der Waals surface area contributed by atoms with E-state index in [1.807, 2.05) is 6.08 Å². The molecule has 0 aromatic carbocycles. The number of aliphatic carboxylic acids is 1. The Bertz CT molecular complexity index is 1050. The van der Waals surface area contributed by atoms with Crippen LogP contribution in [0.25, 0.3) is 0 Å². The van der Waals surface area contributed by atoms with Crippen LogP contribution >= 0.6 is 7.82 Å². The molecule has 0 radical (unpaired) electrons. The number of nitrogens with two attached hydrogens (primary N) is 1. The van der Waals surface area contributed by atoms with Crippen LogP contribution in [0.3, 0.4) is 0 Å². The van der Waals surface area contributed by atoms with Gasteiger partial charge in [-0.05, 0) is 51.4 Å². The summed E-state index contributed by atoms with van der Waals surface area (Å²) in [6, 6.07) is -1.52. The highest BCUT2D eigenvalue weighted by atomic mass is 31.2. The summed E-state index contributed by atoms with van der Waals surface area (Å²) in [5.74, 6) is -2.40. The number of hydrogen-bond acceptors (Lipinski definition) is 9. The maximum Gasteiger partial charge on any atom is 0.472 e. The molecule has 12 heteroatoms. The zero-order chi connectivity index (χ0) is 40.0. The lowest BCUT2D eigenvalue weighted by molar-refractivity contribution is -0.161. The molecule has 0 saturated heterocycles. The summed E-state index contributed by atoms with van der Waals surface area (Å²) in [6.07, 6.45) is 38.1. The molecule has 3 atom stereocenters. The predicted octanol–water partition coefficient (Wildman–Crippen LogP) is 10.8. The minimum Gasteiger partial charge on any atom is -0.480 e. The number of carboxylic acid groups (broad SMARTS) is 1. The van der Waals surface area contributed by atoms with Gasteiger partial charge in [0.1, 0.15) is 12.6 Å². The molecule has 0 fully saturated rings. The first-order valence-corrected chi connectivity index (χ1v) is 22.5. The fourth-order valence-electron chi connectivity index (χ4n) is 5.68. The molecule has 0 aliphatic heterocycles. The maximum absolute atomic E-state index is 12.6. The summed E-state index contributed by atoms with van der Waals surface area (Å²) in [5, 5.41) is 8.88. The van der Waals surface area contributed by atoms with Crippen LogP contribution in [0, 0.1) is 0 Å². The van der Waals surface area contributed by atoms with Crippen molar-refractivity contribution in [1.82, 2.24) is 0 Å². The van der Waals surface area contributed by atoms with E-state index in [1.165, 1.54) is 83.5 Å². The third kappa shape index (κ3) is 36.7. The molecule has 4 N–H and O–H groups in total. The Morgan fingerprint density at radius 1 is 0.630 bits per heavy atom. The molecule has 0 amide bonds. The molecule has 0 heterocycles. The molecule has 1 unspecified atom stereocenters. The van der Waals surface area contributed by atoms with E-state index in [4.69, 9.17) is 24.8 Å². The van der Waals surface area contributed by atoms with Crippen molar-refractivity contribution in [3.05, 3.63) is 37.0 Å². The maximum atomic E-state index is 12.6. The first-order chi connectivity index (χ1) is 26.1. The van der Waals surface area contributed by atoms with Crippen molar-refractivity contribution >= 4 is 25.7 Å². The van der Waals surface area contributed by atoms with Gasteiger partial charge < -0.3 is 25.2 Å². The lowest BCUT2D eigenvalue weighted by Gasteiger charge is -2.20. The van der Waals surface area contributed by atoms with Crippen LogP contribution < -0.4 is 5.73 Å². The van der Waals surface area contributed by atoms with Crippen molar-refractivity contribution in [2.45, 2.75) is 192 Å². The van der Waals surface area contributed by atoms with Crippen molar-refractivity contribution in [3.8, 4) is 0 Å². The number of unbranched alkanes of at least 4 members (excludes halogenated alkanes) is 22. The van der Waals surface area contributed by atoms with Gasteiger partial charge in [-0.2, -0.15) is 0 Å². The van der Waals surface area contributed by atoms with E-state index in [0.717, 1.165) is 64.2 Å². The molecular weight excluding hydrogens is 709 g/mol. The van der Waals surface area contributed by atoms with Crippen LogP contribution in [-0.2, 0) is 37.5 Å². The Hall–Kier alpha value is -2.30. The van der Waals surface area contributed by atoms with Crippen molar-refractivity contribution in [1.29, 1.82) is 0 Å². The van der Waals surface area contributed by atoms with Crippen molar-refractivity contribution in [2.75, 3.05) is 19.8 Å². The highest BCUT2D eigenvalue weighted by Gasteiger charge is 2.28. The molecule has 0 bridgehead atoms. The van der Waals surface area contributed by atoms with E-state index < -0.39 is 51.1 Å². The molecule has 0 aliphatic rings. The van der Waals surface area contributed by atoms with E-state index in [0.29, 0.717) is 12.8 Å². The number of allylic oxidation sites excluding steroid dienone is 5. The van der Waals surface area contributed by atoms with Gasteiger partial charge in [-0.3, -0.25) is 23.4 Å². The van der Waals surface area contributed by atoms with E-state index in [2.05, 4.69) is 42.3 Å². The Kier molecular flexibility index (Phi) is 36.0. The van der Waals surface area contributed by atoms with Crippen LogP contribution in [0.1, 0.15) is 180 Å². The molecule has 314 valence electrons. The van der Waals surface area contributed by atoms with Crippen LogP contribution in [-0.4, -0.2) is 59.9 Å². The fourth-order valence-corrected chi connectivity index (χ4v) is 6.46. The van der Waals surface area contributed by atoms with Crippen molar-refractivity contribution in [2.24, 2.45) is 5.73 Å². The number of rotatable bonds is 40. The Labute approximate surface area is 327 Å². The lowest BCUT2D eigenvalue weighted by atomic mass is 10.0. The summed E-state index contributed by atoms with van der Waals surface area (Å²) < 4.78 is 32.6. The lowest BCUT2D eigenvalue weighted by Crippen LogP contribution is -2.34. The number of esters is 2. The summed E-state index contributed by atoms with van der Waals surface area (Å²) in [7, 11) is -4.72. The first-order valence-electron chi connectivity index (χ1n) is 21.0. The number of carbonyl (C=O) groups is 3. The molecular formula is C42H76NO10P. The second kappa shape index (κ2) is 37.6. The third-order valence-electron chi connectivity index (χ3n) is 9.03. The van der Waals surface area contributed by atoms with Crippen LogP contribution in [0.15, 0.2) is 37.0 Å². The number of phosphoric ester groups is 1. The minimum atomic E-state index is -4.72. The molecule has 0 spiro atoms. The average molecular weight is 786 g/mol. The molecule has 0 rings (SSSR count). The van der Waals surface area contributed by atoms with Crippen LogP contribution in [0.5, 0.6) is 0 Å². The standard InChI is InChI=1S/C42H76NO10P/c1-3-5-7-9-11-13-15-17-19-21-23-25-27-29-31-33-40(44)50-35-38(36-51-54(48,49)52-37-39(43)42(46)47)53-41(45)34-32-30-28-26-24-22-20-18-16-14-12-10-8-6-4-2/h3,14,16,18,20,38-39H,1,4-13,15,17,19,21-37,43H2,2H3,(H,46,47)(H,48,49)/b16-14+,20-18+/t38-,39+/m1/s1. The summed E-state index contributed by atoms with van der Waals surface area (Å²) in [6.45, 7) is 4.28. The highest BCUT2D eigenvalue weighted by Crippen LogP contribution is 2.43. The van der Waals surface area contributed by atoms with Gasteiger partial charge in [-0.1, -0.05) is 146 Å². The normalized spacial score (nSPS) is 13.9. The number of phosphoric acid groups is 1. The van der Waals surface area contributed by atoms with Gasteiger partial charge in [0.2, 0.25) is 0 Å². The van der Waals surface area contributed by atoms with Gasteiger partial charge in [0.05, 0.1) is 13.2 Å². The van der Waals surface area contributed by atoms with E-state index in [9.17, 15) is 23.8 Å². The summed E-state index contributed by atoms with van der Waals surface area (Å²) >= 11 is 0. The van der Waals surface area contributed by atoms with Crippen LogP contribution in [0.4, 0.5) is 0 Å². The molecule has 0 aliphatic carbocycles. The SMILES string of the molecule is C=CCCCCCCCCCCCCCCCC(=O)OC[C@H](COP(=O)(O)OC[C@H](N)C(=O)O)OC(=O)CCCCCCC/C=C/C=C/CCCCCC. The van der Waals surface area contributed by atoms with Gasteiger partial charge >= 0.3 is 25.7 Å². The van der Waals surface area contributed by atoms with Gasteiger partial charge in [0.25, 0.3) is 0 Å². The van der Waals surface area contributed by atoms with Gasteiger partial charge in [0, 0.05) is 12.8 Å². The number of carbonyl (C=O) groups excluding carboxylic acids is 2. The Balaban J connectivity index is 4.39. The summed E-state index contributed by atoms with van der Waals surface area (Å²) in [5.41, 5.74) is 5.32. The smallest absolute Gasteiger partial charge is 0.472 e. The number of hydrogen-bond donors (Lipinski definition) is 3. The second-order valence-corrected chi connectivity index (χ2v) is 15.7. The monoisotopic (exact) mass is 786 g/mol. The van der Waals surface area contributed by atoms with Crippen molar-refractivity contribution in [3.63, 3.8) is 0 Å². The first kappa shape index (κ1) is 51.7. The van der Waals surface area contributed by atoms with E-state index in [1.54, 1.807) is 0 Å². The van der Waals surface area contributed by atoms with Crippen molar-refractivity contribution < 1.29 is 47.5 Å². The van der Waals surface area contributed by atoms with E-state index >= 15 is 0 Å². The quantitative estimate of drug-likeness (QED) is 0.0177. The minimum absolute atomic E-state index is 0.143. The molecule has 54 heavy (non-hydrogen) atoms. The molecule has 11 nitrogen and oxygen atoms in total. The topological polar surface area (TPSA) is 172 Å². The second-order valence-electron chi connectivity index (χ2n) is 14.2. The largest absolute Gasteiger partial charge is 0.480 e.